The molecule has 56 heavy (non-hydrogen) atoms. The highest BCUT2D eigenvalue weighted by molar-refractivity contribution is 6.21. The molecule has 11 rings (SSSR count). The van der Waals surface area contributed by atoms with E-state index in [1.807, 2.05) is 0 Å². The topological polar surface area (TPSA) is 8.17 Å². The quantitative estimate of drug-likeness (QED) is 0.156. The summed E-state index contributed by atoms with van der Waals surface area (Å²) in [6, 6.07) is 79.5. The Morgan fingerprint density at radius 2 is 0.893 bits per heavy atom. The fourth-order valence-corrected chi connectivity index (χ4v) is 8.73. The third kappa shape index (κ3) is 5.26. The number of fused-ring (bicyclic) bond motifs is 8. The third-order valence-corrected chi connectivity index (χ3v) is 11.3. The van der Waals surface area contributed by atoms with E-state index in [1.54, 1.807) is 0 Å². The van der Waals surface area contributed by atoms with E-state index in [0.717, 1.165) is 22.7 Å². The summed E-state index contributed by atoms with van der Waals surface area (Å²) < 4.78 is 2.45. The van der Waals surface area contributed by atoms with Crippen LogP contribution in [0.25, 0.3) is 82.1 Å². The molecule has 0 saturated carbocycles. The van der Waals surface area contributed by atoms with Crippen molar-refractivity contribution in [1.29, 1.82) is 0 Å². The van der Waals surface area contributed by atoms with Crippen LogP contribution in [-0.2, 0) is 0 Å². The molecule has 0 aliphatic rings. The van der Waals surface area contributed by atoms with Gasteiger partial charge in [-0.05, 0) is 104 Å². The summed E-state index contributed by atoms with van der Waals surface area (Å²) >= 11 is 0. The van der Waals surface area contributed by atoms with Gasteiger partial charge < -0.3 is 9.47 Å². The third-order valence-electron chi connectivity index (χ3n) is 11.3. The van der Waals surface area contributed by atoms with Crippen LogP contribution >= 0.6 is 0 Å². The van der Waals surface area contributed by atoms with Crippen molar-refractivity contribution < 1.29 is 0 Å². The first-order valence-corrected chi connectivity index (χ1v) is 19.3. The highest BCUT2D eigenvalue weighted by Crippen LogP contribution is 2.42. The number of benzene rings is 10. The van der Waals surface area contributed by atoms with Crippen molar-refractivity contribution >= 4 is 71.2 Å². The van der Waals surface area contributed by atoms with Crippen molar-refractivity contribution in [3.63, 3.8) is 0 Å². The van der Waals surface area contributed by atoms with Crippen LogP contribution in [0.1, 0.15) is 0 Å². The summed E-state index contributed by atoms with van der Waals surface area (Å²) in [5, 5.41) is 10.1. The summed E-state index contributed by atoms with van der Waals surface area (Å²) in [4.78, 5) is 2.39. The molecule has 11 aromatic rings. The Morgan fingerprint density at radius 1 is 0.304 bits per heavy atom. The van der Waals surface area contributed by atoms with E-state index in [4.69, 9.17) is 0 Å². The molecule has 2 heteroatoms. The molecule has 262 valence electrons. The summed E-state index contributed by atoms with van der Waals surface area (Å²) in [5.41, 5.74) is 11.6. The zero-order valence-electron chi connectivity index (χ0n) is 30.7. The highest BCUT2D eigenvalue weighted by atomic mass is 15.1. The maximum absolute atomic E-state index is 2.45. The van der Waals surface area contributed by atoms with Crippen LogP contribution in [0, 0.1) is 0 Å². The first-order chi connectivity index (χ1) is 27.8. The maximum atomic E-state index is 2.45. The van der Waals surface area contributed by atoms with Crippen LogP contribution in [0.15, 0.2) is 218 Å². The number of rotatable bonds is 6. The predicted octanol–water partition coefficient (Wildman–Crippen LogP) is 15.0. The van der Waals surface area contributed by atoms with Crippen LogP contribution in [0.4, 0.5) is 17.1 Å². The van der Waals surface area contributed by atoms with Gasteiger partial charge in [-0.1, -0.05) is 164 Å². The Hall–Kier alpha value is -7.42. The molecule has 0 radical (unpaired) electrons. The lowest BCUT2D eigenvalue weighted by atomic mass is 10.00. The van der Waals surface area contributed by atoms with Crippen molar-refractivity contribution in [2.24, 2.45) is 0 Å². The van der Waals surface area contributed by atoms with Gasteiger partial charge in [-0.25, -0.2) is 0 Å². The van der Waals surface area contributed by atoms with Gasteiger partial charge in [0.1, 0.15) is 0 Å². The lowest BCUT2D eigenvalue weighted by Crippen LogP contribution is -2.10. The summed E-state index contributed by atoms with van der Waals surface area (Å²) in [6.45, 7) is 0. The van der Waals surface area contributed by atoms with Gasteiger partial charge in [0.15, 0.2) is 0 Å². The highest BCUT2D eigenvalue weighted by Gasteiger charge is 2.19. The standard InChI is InChI=1S/C54H36N2/c1-2-13-37(14-3-1)42-17-12-18-44(35-42)55(45-33-29-41-26-25-38-15-4-6-19-46(38)50(41)36-45)43-31-27-40(28-32-43)47-20-8-10-23-51(47)56-52-24-11-9-22-49(52)54-48-21-7-5-16-39(48)30-34-53(54)56/h1-36H. The van der Waals surface area contributed by atoms with Gasteiger partial charge >= 0.3 is 0 Å². The van der Waals surface area contributed by atoms with Gasteiger partial charge in [-0.2, -0.15) is 0 Å². The van der Waals surface area contributed by atoms with E-state index in [1.165, 1.54) is 76.4 Å². The second kappa shape index (κ2) is 13.2. The molecule has 0 amide bonds. The zero-order valence-corrected chi connectivity index (χ0v) is 30.7. The molecule has 1 heterocycles. The average molecular weight is 713 g/mol. The summed E-state index contributed by atoms with van der Waals surface area (Å²) in [7, 11) is 0. The van der Waals surface area contributed by atoms with Gasteiger partial charge in [-0.3, -0.25) is 0 Å². The van der Waals surface area contributed by atoms with E-state index in [0.29, 0.717) is 0 Å². The minimum atomic E-state index is 1.10. The number of para-hydroxylation sites is 2. The molecule has 0 bridgehead atoms. The first kappa shape index (κ1) is 32.0. The molecule has 0 fully saturated rings. The van der Waals surface area contributed by atoms with E-state index >= 15 is 0 Å². The van der Waals surface area contributed by atoms with E-state index in [-0.39, 0.29) is 0 Å². The van der Waals surface area contributed by atoms with Gasteiger partial charge in [0.25, 0.3) is 0 Å². The molecule has 0 aliphatic carbocycles. The molecule has 10 aromatic carbocycles. The van der Waals surface area contributed by atoms with Crippen molar-refractivity contribution in [2.75, 3.05) is 4.90 Å². The van der Waals surface area contributed by atoms with Crippen molar-refractivity contribution in [3.8, 4) is 27.9 Å². The zero-order chi connectivity index (χ0) is 37.0. The van der Waals surface area contributed by atoms with Crippen LogP contribution in [-0.4, -0.2) is 4.57 Å². The van der Waals surface area contributed by atoms with Gasteiger partial charge in [0.05, 0.1) is 16.7 Å². The molecule has 0 N–H and O–H groups in total. The number of aromatic nitrogens is 1. The fourth-order valence-electron chi connectivity index (χ4n) is 8.73. The normalized spacial score (nSPS) is 11.6. The van der Waals surface area contributed by atoms with Crippen molar-refractivity contribution in [1.82, 2.24) is 4.57 Å². The van der Waals surface area contributed by atoms with Gasteiger partial charge in [0, 0.05) is 33.4 Å². The molecule has 0 saturated heterocycles. The van der Waals surface area contributed by atoms with Gasteiger partial charge in [0.2, 0.25) is 0 Å². The van der Waals surface area contributed by atoms with Crippen LogP contribution < -0.4 is 4.90 Å². The molecule has 2 nitrogen and oxygen atoms in total. The number of hydrogen-bond donors (Lipinski definition) is 0. The predicted molar refractivity (Wildman–Crippen MR) is 239 cm³/mol. The molecule has 1 aromatic heterocycles. The van der Waals surface area contributed by atoms with Crippen LogP contribution in [0.2, 0.25) is 0 Å². The Kier molecular flexibility index (Phi) is 7.53. The smallest absolute Gasteiger partial charge is 0.0547 e. The Morgan fingerprint density at radius 3 is 1.73 bits per heavy atom. The van der Waals surface area contributed by atoms with E-state index in [2.05, 4.69) is 228 Å². The summed E-state index contributed by atoms with van der Waals surface area (Å²) in [5.74, 6) is 0. The van der Waals surface area contributed by atoms with E-state index in [9.17, 15) is 0 Å². The SMILES string of the molecule is c1ccc(-c2cccc(N(c3ccc(-c4ccccc4-n4c5ccccc5c5c6ccccc6ccc54)cc3)c3ccc4ccc5ccccc5c4c3)c2)cc1. The average Bonchev–Trinajstić information content (AvgIpc) is 3.62. The Balaban J connectivity index is 1.07. The molecule has 0 unspecified atom stereocenters. The number of hydrogen-bond acceptors (Lipinski definition) is 1. The second-order valence-corrected chi connectivity index (χ2v) is 14.5. The monoisotopic (exact) mass is 712 g/mol. The van der Waals surface area contributed by atoms with Crippen LogP contribution in [0.5, 0.6) is 0 Å². The Bertz CT molecular complexity index is 3250. The van der Waals surface area contributed by atoms with Crippen molar-refractivity contribution in [3.05, 3.63) is 218 Å². The fraction of sp³-hybridized carbons (Fsp3) is 0. The number of anilines is 3. The first-order valence-electron chi connectivity index (χ1n) is 19.3. The van der Waals surface area contributed by atoms with Crippen LogP contribution in [0.3, 0.4) is 0 Å². The molecule has 0 aliphatic heterocycles. The number of nitrogens with zero attached hydrogens (tertiary/aromatic N) is 2. The van der Waals surface area contributed by atoms with Gasteiger partial charge in [-0.15, -0.1) is 0 Å². The Labute approximate surface area is 325 Å². The largest absolute Gasteiger partial charge is 0.310 e. The summed E-state index contributed by atoms with van der Waals surface area (Å²) in [6.07, 6.45) is 0. The second-order valence-electron chi connectivity index (χ2n) is 14.5. The molecule has 0 atom stereocenters. The maximum Gasteiger partial charge on any atom is 0.0547 e. The minimum Gasteiger partial charge on any atom is -0.310 e. The minimum absolute atomic E-state index is 1.10. The molecule has 0 spiro atoms. The molecular formula is C54H36N2. The molecular weight excluding hydrogens is 677 g/mol. The van der Waals surface area contributed by atoms with Crippen molar-refractivity contribution in [2.45, 2.75) is 0 Å². The lowest BCUT2D eigenvalue weighted by Gasteiger charge is -2.27. The van der Waals surface area contributed by atoms with E-state index < -0.39 is 0 Å². The lowest BCUT2D eigenvalue weighted by molar-refractivity contribution is 1.18.